The highest BCUT2D eigenvalue weighted by molar-refractivity contribution is 6.30. The number of hydrogen-bond acceptors (Lipinski definition) is 5. The molecule has 1 fully saturated rings. The zero-order valence-electron chi connectivity index (χ0n) is 9.04. The molecule has 92 valence electrons. The van der Waals surface area contributed by atoms with Crippen molar-refractivity contribution in [3.05, 3.63) is 27.4 Å². The number of pyridine rings is 1. The maximum atomic E-state index is 10.9. The first-order valence-electron chi connectivity index (χ1n) is 5.31. The summed E-state index contributed by atoms with van der Waals surface area (Å²) in [5, 5.41) is 20.2. The molecule has 0 saturated heterocycles. The molecule has 0 amide bonds. The Bertz CT molecular complexity index is 437. The molecule has 2 rings (SSSR count). The van der Waals surface area contributed by atoms with Crippen molar-refractivity contribution in [1.82, 2.24) is 4.98 Å². The van der Waals surface area contributed by atoms with E-state index in [1.54, 1.807) is 4.90 Å². The molecule has 1 N–H and O–H groups in total. The van der Waals surface area contributed by atoms with E-state index in [-0.39, 0.29) is 29.2 Å². The maximum Gasteiger partial charge on any atom is 0.313 e. The van der Waals surface area contributed by atoms with Crippen LogP contribution in [-0.4, -0.2) is 34.2 Å². The Kier molecular flexibility index (Phi) is 3.44. The fraction of sp³-hybridized carbons (Fsp3) is 0.500. The summed E-state index contributed by atoms with van der Waals surface area (Å²) in [6.07, 6.45) is 3.33. The predicted octanol–water partition coefficient (Wildman–Crippen LogP) is 1.60. The van der Waals surface area contributed by atoms with E-state index in [0.29, 0.717) is 6.54 Å². The van der Waals surface area contributed by atoms with Crippen molar-refractivity contribution in [1.29, 1.82) is 0 Å². The van der Waals surface area contributed by atoms with Gasteiger partial charge in [0.25, 0.3) is 0 Å². The molecule has 1 aliphatic carbocycles. The topological polar surface area (TPSA) is 79.5 Å². The highest BCUT2D eigenvalue weighted by Gasteiger charge is 2.33. The van der Waals surface area contributed by atoms with Crippen LogP contribution in [0.2, 0.25) is 5.02 Å². The second-order valence-electron chi connectivity index (χ2n) is 3.90. The largest absolute Gasteiger partial charge is 0.395 e. The molecular formula is C10H12ClN3O3. The molecular weight excluding hydrogens is 246 g/mol. The number of rotatable bonds is 5. The SMILES string of the molecule is O=[N+]([O-])c1cc(Cl)cnc1N(CCO)C1CC1. The van der Waals surface area contributed by atoms with Gasteiger partial charge in [-0.1, -0.05) is 11.6 Å². The van der Waals surface area contributed by atoms with Crippen LogP contribution < -0.4 is 4.90 Å². The number of aliphatic hydroxyl groups excluding tert-OH is 1. The van der Waals surface area contributed by atoms with Gasteiger partial charge in [-0.3, -0.25) is 10.1 Å². The predicted molar refractivity (Wildman–Crippen MR) is 63.4 cm³/mol. The minimum atomic E-state index is -0.499. The third kappa shape index (κ3) is 2.65. The number of nitro groups is 1. The molecule has 1 aromatic heterocycles. The number of aromatic nitrogens is 1. The summed E-state index contributed by atoms with van der Waals surface area (Å²) in [6, 6.07) is 1.53. The second kappa shape index (κ2) is 4.85. The molecule has 6 nitrogen and oxygen atoms in total. The van der Waals surface area contributed by atoms with Gasteiger partial charge in [-0.2, -0.15) is 0 Å². The van der Waals surface area contributed by atoms with Gasteiger partial charge in [-0.05, 0) is 12.8 Å². The average molecular weight is 258 g/mol. The van der Waals surface area contributed by atoms with Crippen LogP contribution in [0.15, 0.2) is 12.3 Å². The first-order chi connectivity index (χ1) is 8.13. The number of halogens is 1. The lowest BCUT2D eigenvalue weighted by atomic mass is 10.3. The normalized spacial score (nSPS) is 14.7. The van der Waals surface area contributed by atoms with Crippen molar-refractivity contribution in [3.63, 3.8) is 0 Å². The number of anilines is 1. The van der Waals surface area contributed by atoms with Crippen LogP contribution in [-0.2, 0) is 0 Å². The molecule has 1 heterocycles. The van der Waals surface area contributed by atoms with Crippen LogP contribution in [0.5, 0.6) is 0 Å². The van der Waals surface area contributed by atoms with Crippen LogP contribution in [0, 0.1) is 10.1 Å². The molecule has 0 atom stereocenters. The van der Waals surface area contributed by atoms with Crippen molar-refractivity contribution in [2.75, 3.05) is 18.1 Å². The molecule has 0 spiro atoms. The summed E-state index contributed by atoms with van der Waals surface area (Å²) in [5.74, 6) is 0.288. The van der Waals surface area contributed by atoms with Gasteiger partial charge in [-0.25, -0.2) is 4.98 Å². The summed E-state index contributed by atoms with van der Waals surface area (Å²) >= 11 is 5.70. The summed E-state index contributed by atoms with van der Waals surface area (Å²) in [5.41, 5.74) is -0.113. The average Bonchev–Trinajstić information content (AvgIpc) is 3.10. The molecule has 7 heteroatoms. The van der Waals surface area contributed by atoms with Gasteiger partial charge in [0.2, 0.25) is 5.82 Å². The fourth-order valence-electron chi connectivity index (χ4n) is 1.73. The summed E-state index contributed by atoms with van der Waals surface area (Å²) in [7, 11) is 0. The highest BCUT2D eigenvalue weighted by atomic mass is 35.5. The number of nitrogens with zero attached hydrogens (tertiary/aromatic N) is 3. The molecule has 1 saturated carbocycles. The summed E-state index contributed by atoms with van der Waals surface area (Å²) in [4.78, 5) is 16.2. The first kappa shape index (κ1) is 12.1. The van der Waals surface area contributed by atoms with Crippen LogP contribution in [0.25, 0.3) is 0 Å². The lowest BCUT2D eigenvalue weighted by molar-refractivity contribution is -0.384. The van der Waals surface area contributed by atoms with Crippen molar-refractivity contribution < 1.29 is 10.0 Å². The molecule has 0 bridgehead atoms. The third-order valence-electron chi connectivity index (χ3n) is 2.61. The van der Waals surface area contributed by atoms with Gasteiger partial charge in [0, 0.05) is 24.8 Å². The minimum Gasteiger partial charge on any atom is -0.395 e. The van der Waals surface area contributed by atoms with Gasteiger partial charge in [-0.15, -0.1) is 0 Å². The maximum absolute atomic E-state index is 10.9. The van der Waals surface area contributed by atoms with E-state index in [1.807, 2.05) is 0 Å². The summed E-state index contributed by atoms with van der Waals surface area (Å²) < 4.78 is 0. The Morgan fingerprint density at radius 1 is 1.65 bits per heavy atom. The van der Waals surface area contributed by atoms with E-state index in [4.69, 9.17) is 16.7 Å². The monoisotopic (exact) mass is 257 g/mol. The smallest absolute Gasteiger partial charge is 0.313 e. The number of aliphatic hydroxyl groups is 1. The Balaban J connectivity index is 2.37. The quantitative estimate of drug-likeness (QED) is 0.640. The Hall–Kier alpha value is -1.40. The third-order valence-corrected chi connectivity index (χ3v) is 2.82. The van der Waals surface area contributed by atoms with E-state index < -0.39 is 4.92 Å². The van der Waals surface area contributed by atoms with Gasteiger partial charge in [0.1, 0.15) is 0 Å². The van der Waals surface area contributed by atoms with E-state index in [9.17, 15) is 10.1 Å². The van der Waals surface area contributed by atoms with Crippen molar-refractivity contribution in [3.8, 4) is 0 Å². The van der Waals surface area contributed by atoms with E-state index in [0.717, 1.165) is 12.8 Å². The van der Waals surface area contributed by atoms with E-state index in [2.05, 4.69) is 4.98 Å². The van der Waals surface area contributed by atoms with Crippen LogP contribution >= 0.6 is 11.6 Å². The standard InChI is InChI=1S/C10H12ClN3O3/c11-7-5-9(14(16)17)10(12-6-7)13(3-4-15)8-1-2-8/h5-6,8,15H,1-4H2. The molecule has 1 aromatic rings. The van der Waals surface area contributed by atoms with Crippen LogP contribution in [0.4, 0.5) is 11.5 Å². The van der Waals surface area contributed by atoms with E-state index in [1.165, 1.54) is 12.3 Å². The minimum absolute atomic E-state index is 0.0576. The highest BCUT2D eigenvalue weighted by Crippen LogP contribution is 2.36. The van der Waals surface area contributed by atoms with Gasteiger partial charge in [0.15, 0.2) is 0 Å². The van der Waals surface area contributed by atoms with Crippen LogP contribution in [0.3, 0.4) is 0 Å². The Labute approximate surface area is 103 Å². The van der Waals surface area contributed by atoms with Gasteiger partial charge in [0.05, 0.1) is 16.6 Å². The Morgan fingerprint density at radius 3 is 2.88 bits per heavy atom. The lowest BCUT2D eigenvalue weighted by Gasteiger charge is -2.21. The zero-order valence-corrected chi connectivity index (χ0v) is 9.80. The first-order valence-corrected chi connectivity index (χ1v) is 5.68. The molecule has 17 heavy (non-hydrogen) atoms. The van der Waals surface area contributed by atoms with E-state index >= 15 is 0 Å². The molecule has 0 aromatic carbocycles. The zero-order chi connectivity index (χ0) is 12.4. The number of hydrogen-bond donors (Lipinski definition) is 1. The van der Waals surface area contributed by atoms with Gasteiger partial charge >= 0.3 is 5.69 Å². The van der Waals surface area contributed by atoms with Gasteiger partial charge < -0.3 is 10.0 Å². The molecule has 0 radical (unpaired) electrons. The molecule has 1 aliphatic rings. The lowest BCUT2D eigenvalue weighted by Crippen LogP contribution is -2.30. The van der Waals surface area contributed by atoms with Crippen molar-refractivity contribution in [2.24, 2.45) is 0 Å². The Morgan fingerprint density at radius 2 is 2.35 bits per heavy atom. The molecule has 0 aliphatic heterocycles. The second-order valence-corrected chi connectivity index (χ2v) is 4.34. The summed E-state index contributed by atoms with van der Waals surface area (Å²) in [6.45, 7) is 0.290. The molecule has 0 unspecified atom stereocenters. The fourth-order valence-corrected chi connectivity index (χ4v) is 1.88. The van der Waals surface area contributed by atoms with Crippen molar-refractivity contribution >= 4 is 23.1 Å². The van der Waals surface area contributed by atoms with Crippen molar-refractivity contribution in [2.45, 2.75) is 18.9 Å². The van der Waals surface area contributed by atoms with Crippen LogP contribution in [0.1, 0.15) is 12.8 Å².